The highest BCUT2D eigenvalue weighted by molar-refractivity contribution is 5.04. The van der Waals surface area contributed by atoms with Crippen molar-refractivity contribution in [1.29, 1.82) is 0 Å². The molecule has 2 nitrogen and oxygen atoms in total. The van der Waals surface area contributed by atoms with E-state index < -0.39 is 0 Å². The van der Waals surface area contributed by atoms with Crippen molar-refractivity contribution in [3.05, 3.63) is 0 Å². The predicted molar refractivity (Wildman–Crippen MR) is 49.2 cm³/mol. The van der Waals surface area contributed by atoms with Gasteiger partial charge in [0.15, 0.2) is 0 Å². The van der Waals surface area contributed by atoms with Crippen LogP contribution in [0.1, 0.15) is 19.8 Å². The van der Waals surface area contributed by atoms with E-state index in [1.54, 1.807) is 0 Å². The van der Waals surface area contributed by atoms with Crippen LogP contribution in [0.5, 0.6) is 0 Å². The normalized spacial score (nSPS) is 58.6. The van der Waals surface area contributed by atoms with Crippen LogP contribution in [0, 0.1) is 29.6 Å². The number of ether oxygens (including phenoxy) is 1. The molecule has 3 aliphatic rings. The van der Waals surface area contributed by atoms with Gasteiger partial charge in [-0.05, 0) is 42.4 Å². The van der Waals surface area contributed by atoms with Crippen LogP contribution < -0.4 is 0 Å². The van der Waals surface area contributed by atoms with Crippen LogP contribution in [0.25, 0.3) is 0 Å². The third kappa shape index (κ3) is 0.909. The van der Waals surface area contributed by atoms with Gasteiger partial charge in [-0.2, -0.15) is 0 Å². The first-order valence-corrected chi connectivity index (χ1v) is 5.55. The number of hydrogen-bond acceptors (Lipinski definition) is 2. The Morgan fingerprint density at radius 3 is 2.92 bits per heavy atom. The summed E-state index contributed by atoms with van der Waals surface area (Å²) in [5, 5.41) is 9.40. The number of aliphatic hydroxyl groups excluding tert-OH is 1. The average molecular weight is 182 g/mol. The molecule has 0 aromatic heterocycles. The zero-order valence-corrected chi connectivity index (χ0v) is 8.15. The third-order valence-corrected chi connectivity index (χ3v) is 4.80. The van der Waals surface area contributed by atoms with Crippen LogP contribution in [0.2, 0.25) is 0 Å². The molecule has 1 aliphatic heterocycles. The Labute approximate surface area is 79.3 Å². The molecule has 1 heterocycles. The Hall–Kier alpha value is -0.0800. The average Bonchev–Trinajstić information content (AvgIpc) is 2.56. The standard InChI is InChI=1S/C11H18O2/c1-6-7-2-3-10-11(6)9(5-13-10)8(7)4-12/h6-12H,2-5H2,1H3. The van der Waals surface area contributed by atoms with E-state index >= 15 is 0 Å². The van der Waals surface area contributed by atoms with Crippen molar-refractivity contribution in [3.8, 4) is 0 Å². The van der Waals surface area contributed by atoms with E-state index in [0.29, 0.717) is 24.5 Å². The third-order valence-electron chi connectivity index (χ3n) is 4.80. The van der Waals surface area contributed by atoms with Gasteiger partial charge in [-0.3, -0.25) is 0 Å². The molecule has 0 aromatic rings. The molecule has 0 radical (unpaired) electrons. The maximum absolute atomic E-state index is 9.40. The summed E-state index contributed by atoms with van der Waals surface area (Å²) in [5.41, 5.74) is 0. The van der Waals surface area contributed by atoms with Gasteiger partial charge in [0, 0.05) is 6.61 Å². The van der Waals surface area contributed by atoms with Gasteiger partial charge in [0.2, 0.25) is 0 Å². The van der Waals surface area contributed by atoms with Gasteiger partial charge in [-0.1, -0.05) is 6.92 Å². The molecule has 3 fully saturated rings. The Morgan fingerprint density at radius 1 is 1.31 bits per heavy atom. The number of hydrogen-bond donors (Lipinski definition) is 1. The first kappa shape index (κ1) is 8.25. The SMILES string of the molecule is CC1C2CCC3OCC(C2CO)C31. The maximum Gasteiger partial charge on any atom is 0.0609 e. The lowest BCUT2D eigenvalue weighted by Crippen LogP contribution is -2.30. The van der Waals surface area contributed by atoms with E-state index in [9.17, 15) is 5.11 Å². The molecule has 0 aromatic carbocycles. The molecule has 1 N–H and O–H groups in total. The molecular weight excluding hydrogens is 164 g/mol. The van der Waals surface area contributed by atoms with Crippen molar-refractivity contribution in [2.75, 3.05) is 13.2 Å². The molecule has 2 heteroatoms. The zero-order chi connectivity index (χ0) is 9.00. The summed E-state index contributed by atoms with van der Waals surface area (Å²) >= 11 is 0. The van der Waals surface area contributed by atoms with Gasteiger partial charge in [-0.25, -0.2) is 0 Å². The Morgan fingerprint density at radius 2 is 2.15 bits per heavy atom. The van der Waals surface area contributed by atoms with Crippen molar-refractivity contribution in [2.45, 2.75) is 25.9 Å². The highest BCUT2D eigenvalue weighted by Gasteiger charge is 2.57. The highest BCUT2D eigenvalue weighted by atomic mass is 16.5. The fraction of sp³-hybridized carbons (Fsp3) is 1.00. The topological polar surface area (TPSA) is 29.5 Å². The van der Waals surface area contributed by atoms with Gasteiger partial charge in [0.25, 0.3) is 0 Å². The number of fused-ring (bicyclic) bond motifs is 1. The molecule has 6 unspecified atom stereocenters. The van der Waals surface area contributed by atoms with Gasteiger partial charge in [0.05, 0.1) is 12.7 Å². The quantitative estimate of drug-likeness (QED) is 0.662. The molecule has 2 bridgehead atoms. The van der Waals surface area contributed by atoms with Gasteiger partial charge in [-0.15, -0.1) is 0 Å². The summed E-state index contributed by atoms with van der Waals surface area (Å²) in [7, 11) is 0. The molecule has 13 heavy (non-hydrogen) atoms. The molecule has 3 rings (SSSR count). The second-order valence-corrected chi connectivity index (χ2v) is 5.06. The fourth-order valence-corrected chi connectivity index (χ4v) is 4.24. The highest BCUT2D eigenvalue weighted by Crippen LogP contribution is 2.57. The van der Waals surface area contributed by atoms with Crippen molar-refractivity contribution >= 4 is 0 Å². The van der Waals surface area contributed by atoms with E-state index in [4.69, 9.17) is 4.74 Å². The van der Waals surface area contributed by atoms with E-state index in [1.165, 1.54) is 12.8 Å². The van der Waals surface area contributed by atoms with Crippen LogP contribution >= 0.6 is 0 Å². The maximum atomic E-state index is 9.40. The van der Waals surface area contributed by atoms with Gasteiger partial charge < -0.3 is 9.84 Å². The van der Waals surface area contributed by atoms with Crippen LogP contribution in [-0.2, 0) is 4.74 Å². The molecule has 1 saturated heterocycles. The second-order valence-electron chi connectivity index (χ2n) is 5.06. The predicted octanol–water partition coefficient (Wildman–Crippen LogP) is 1.29. The smallest absolute Gasteiger partial charge is 0.0609 e. The lowest BCUT2D eigenvalue weighted by molar-refractivity contribution is 0.0114. The number of rotatable bonds is 1. The lowest BCUT2D eigenvalue weighted by atomic mass is 9.77. The summed E-state index contributed by atoms with van der Waals surface area (Å²) < 4.78 is 5.80. The molecule has 0 amide bonds. The second kappa shape index (κ2) is 2.71. The summed E-state index contributed by atoms with van der Waals surface area (Å²) in [5.74, 6) is 3.59. The number of aliphatic hydroxyl groups is 1. The summed E-state index contributed by atoms with van der Waals surface area (Å²) in [6.07, 6.45) is 3.06. The molecule has 2 aliphatic carbocycles. The van der Waals surface area contributed by atoms with Gasteiger partial charge >= 0.3 is 0 Å². The monoisotopic (exact) mass is 182 g/mol. The molecule has 0 spiro atoms. The molecule has 2 saturated carbocycles. The minimum Gasteiger partial charge on any atom is -0.396 e. The van der Waals surface area contributed by atoms with Crippen LogP contribution in [0.3, 0.4) is 0 Å². The van der Waals surface area contributed by atoms with Crippen LogP contribution in [-0.4, -0.2) is 24.4 Å². The summed E-state index contributed by atoms with van der Waals surface area (Å²) in [4.78, 5) is 0. The summed E-state index contributed by atoms with van der Waals surface area (Å²) in [6.45, 7) is 3.66. The van der Waals surface area contributed by atoms with Crippen molar-refractivity contribution in [1.82, 2.24) is 0 Å². The van der Waals surface area contributed by atoms with Crippen molar-refractivity contribution < 1.29 is 9.84 Å². The molecular formula is C11H18O2. The Bertz CT molecular complexity index is 216. The molecule has 74 valence electrons. The summed E-state index contributed by atoms with van der Waals surface area (Å²) in [6, 6.07) is 0. The molecule has 6 atom stereocenters. The van der Waals surface area contributed by atoms with Crippen molar-refractivity contribution in [3.63, 3.8) is 0 Å². The lowest BCUT2D eigenvalue weighted by Gasteiger charge is -2.32. The van der Waals surface area contributed by atoms with Crippen LogP contribution in [0.15, 0.2) is 0 Å². The largest absolute Gasteiger partial charge is 0.396 e. The van der Waals surface area contributed by atoms with Crippen molar-refractivity contribution in [2.24, 2.45) is 29.6 Å². The Balaban J connectivity index is 1.95. The van der Waals surface area contributed by atoms with Gasteiger partial charge in [0.1, 0.15) is 0 Å². The minimum atomic E-state index is 0.381. The van der Waals surface area contributed by atoms with E-state index in [2.05, 4.69) is 6.92 Å². The van der Waals surface area contributed by atoms with E-state index in [0.717, 1.165) is 24.4 Å². The first-order valence-electron chi connectivity index (χ1n) is 5.55. The minimum absolute atomic E-state index is 0.381. The van der Waals surface area contributed by atoms with E-state index in [-0.39, 0.29) is 0 Å². The zero-order valence-electron chi connectivity index (χ0n) is 8.15. The Kier molecular flexibility index (Phi) is 1.72. The first-order chi connectivity index (χ1) is 6.33. The van der Waals surface area contributed by atoms with Crippen LogP contribution in [0.4, 0.5) is 0 Å². The fourth-order valence-electron chi connectivity index (χ4n) is 4.24. The van der Waals surface area contributed by atoms with E-state index in [1.807, 2.05) is 0 Å².